The number of hydrogen-bond donors (Lipinski definition) is 2. The Balaban J connectivity index is 1.78. The fraction of sp³-hybridized carbons (Fsp3) is 0.0714. The summed E-state index contributed by atoms with van der Waals surface area (Å²) in [6, 6.07) is 7.45. The molecule has 0 unspecified atom stereocenters. The highest BCUT2D eigenvalue weighted by Crippen LogP contribution is 2.20. The second-order valence-corrected chi connectivity index (χ2v) is 5.44. The maximum atomic E-state index is 13.5. The summed E-state index contributed by atoms with van der Waals surface area (Å²) in [5.41, 5.74) is -0.225. The standard InChI is InChI=1S/C14H10FN3O2S/c15-11-4-2-1-3-9(11)12(19)16-6-8-5-10-13(20)17-7-18-14(10)21-8/h1-5,7H,6H2,(H,16,19)(H,17,18,20). The van der Waals surface area contributed by atoms with E-state index in [1.807, 2.05) is 0 Å². The van der Waals surface area contributed by atoms with Crippen molar-refractivity contribution in [3.63, 3.8) is 0 Å². The van der Waals surface area contributed by atoms with Crippen LogP contribution in [0.5, 0.6) is 0 Å². The fourth-order valence-corrected chi connectivity index (χ4v) is 2.85. The zero-order valence-electron chi connectivity index (χ0n) is 10.7. The number of halogens is 1. The summed E-state index contributed by atoms with van der Waals surface area (Å²) in [7, 11) is 0. The quantitative estimate of drug-likeness (QED) is 0.777. The van der Waals surface area contributed by atoms with Gasteiger partial charge in [0.15, 0.2) is 0 Å². The average molecular weight is 303 g/mol. The first-order chi connectivity index (χ1) is 10.1. The number of aromatic nitrogens is 2. The summed E-state index contributed by atoms with van der Waals surface area (Å²) in [5, 5.41) is 3.11. The van der Waals surface area contributed by atoms with Crippen LogP contribution >= 0.6 is 11.3 Å². The predicted octanol–water partition coefficient (Wildman–Crippen LogP) is 2.05. The van der Waals surface area contributed by atoms with Gasteiger partial charge in [-0.3, -0.25) is 9.59 Å². The van der Waals surface area contributed by atoms with Crippen molar-refractivity contribution in [1.29, 1.82) is 0 Å². The first-order valence-corrected chi connectivity index (χ1v) is 6.95. The van der Waals surface area contributed by atoms with Gasteiger partial charge in [0.1, 0.15) is 10.6 Å². The summed E-state index contributed by atoms with van der Waals surface area (Å²) in [6.45, 7) is 0.216. The second kappa shape index (κ2) is 5.45. The Bertz CT molecular complexity index is 872. The number of aromatic amines is 1. The van der Waals surface area contributed by atoms with Gasteiger partial charge in [-0.25, -0.2) is 9.37 Å². The number of amides is 1. The first-order valence-electron chi connectivity index (χ1n) is 6.14. The molecule has 0 atom stereocenters. The number of nitrogens with zero attached hydrogens (tertiary/aromatic N) is 1. The molecular formula is C14H10FN3O2S. The molecule has 5 nitrogen and oxygen atoms in total. The molecule has 0 fully saturated rings. The highest BCUT2D eigenvalue weighted by atomic mass is 32.1. The molecule has 1 amide bonds. The molecule has 0 spiro atoms. The van der Waals surface area contributed by atoms with Crippen LogP contribution in [0.15, 0.2) is 41.5 Å². The van der Waals surface area contributed by atoms with E-state index in [1.54, 1.807) is 12.1 Å². The highest BCUT2D eigenvalue weighted by Gasteiger charge is 2.11. The minimum atomic E-state index is -0.565. The lowest BCUT2D eigenvalue weighted by Gasteiger charge is -2.04. The molecule has 0 radical (unpaired) electrons. The number of carbonyl (C=O) groups excluding carboxylic acids is 1. The molecule has 0 aliphatic rings. The Morgan fingerprint density at radius 2 is 2.19 bits per heavy atom. The minimum Gasteiger partial charge on any atom is -0.347 e. The molecule has 3 aromatic rings. The SMILES string of the molecule is O=C(NCc1cc2c(=O)[nH]cnc2s1)c1ccccc1F. The van der Waals surface area contributed by atoms with Crippen LogP contribution in [0, 0.1) is 5.82 Å². The minimum absolute atomic E-state index is 0.00502. The van der Waals surface area contributed by atoms with Crippen LogP contribution in [0.25, 0.3) is 10.2 Å². The van der Waals surface area contributed by atoms with Crippen molar-refractivity contribution in [1.82, 2.24) is 15.3 Å². The molecule has 106 valence electrons. The largest absolute Gasteiger partial charge is 0.347 e. The van der Waals surface area contributed by atoms with Crippen molar-refractivity contribution in [2.75, 3.05) is 0 Å². The lowest BCUT2D eigenvalue weighted by atomic mass is 10.2. The number of fused-ring (bicyclic) bond motifs is 1. The van der Waals surface area contributed by atoms with Gasteiger partial charge in [0.2, 0.25) is 0 Å². The van der Waals surface area contributed by atoms with Crippen molar-refractivity contribution >= 4 is 27.5 Å². The fourth-order valence-electron chi connectivity index (χ4n) is 1.91. The summed E-state index contributed by atoms with van der Waals surface area (Å²) in [4.78, 5) is 31.4. The van der Waals surface area contributed by atoms with E-state index >= 15 is 0 Å². The average Bonchev–Trinajstić information content (AvgIpc) is 2.90. The van der Waals surface area contributed by atoms with Crippen LogP contribution in [-0.2, 0) is 6.54 Å². The zero-order chi connectivity index (χ0) is 14.8. The number of benzene rings is 1. The normalized spacial score (nSPS) is 10.7. The van der Waals surface area contributed by atoms with Gasteiger partial charge in [-0.2, -0.15) is 0 Å². The molecular weight excluding hydrogens is 293 g/mol. The van der Waals surface area contributed by atoms with Crippen LogP contribution in [0.3, 0.4) is 0 Å². The van der Waals surface area contributed by atoms with Gasteiger partial charge in [0.05, 0.1) is 23.8 Å². The van der Waals surface area contributed by atoms with Crippen molar-refractivity contribution in [3.8, 4) is 0 Å². The number of rotatable bonds is 3. The molecule has 3 rings (SSSR count). The number of carbonyl (C=O) groups is 1. The monoisotopic (exact) mass is 303 g/mol. The molecule has 0 saturated carbocycles. The van der Waals surface area contributed by atoms with E-state index in [2.05, 4.69) is 15.3 Å². The van der Waals surface area contributed by atoms with E-state index in [0.717, 1.165) is 4.88 Å². The molecule has 7 heteroatoms. The Morgan fingerprint density at radius 1 is 1.38 bits per heavy atom. The third kappa shape index (κ3) is 2.68. The second-order valence-electron chi connectivity index (χ2n) is 4.33. The molecule has 1 aromatic carbocycles. The van der Waals surface area contributed by atoms with Gasteiger partial charge in [-0.05, 0) is 18.2 Å². The van der Waals surface area contributed by atoms with E-state index < -0.39 is 11.7 Å². The van der Waals surface area contributed by atoms with Gasteiger partial charge in [0.25, 0.3) is 11.5 Å². The lowest BCUT2D eigenvalue weighted by molar-refractivity contribution is 0.0947. The number of nitrogens with one attached hydrogen (secondary N) is 2. The van der Waals surface area contributed by atoms with Gasteiger partial charge in [0, 0.05) is 4.88 Å². The highest BCUT2D eigenvalue weighted by molar-refractivity contribution is 7.18. The van der Waals surface area contributed by atoms with Gasteiger partial charge < -0.3 is 10.3 Å². The van der Waals surface area contributed by atoms with Crippen molar-refractivity contribution in [2.45, 2.75) is 6.54 Å². The smallest absolute Gasteiger partial charge is 0.259 e. The van der Waals surface area contributed by atoms with E-state index in [-0.39, 0.29) is 17.7 Å². The Morgan fingerprint density at radius 3 is 2.95 bits per heavy atom. The molecule has 0 saturated heterocycles. The van der Waals surface area contributed by atoms with Crippen LogP contribution in [0.1, 0.15) is 15.2 Å². The summed E-state index contributed by atoms with van der Waals surface area (Å²) in [5.74, 6) is -1.06. The lowest BCUT2D eigenvalue weighted by Crippen LogP contribution is -2.23. The van der Waals surface area contributed by atoms with E-state index in [1.165, 1.54) is 35.9 Å². The van der Waals surface area contributed by atoms with Crippen molar-refractivity contribution < 1.29 is 9.18 Å². The third-order valence-corrected chi connectivity index (χ3v) is 3.97. The molecule has 2 N–H and O–H groups in total. The van der Waals surface area contributed by atoms with Gasteiger partial charge in [-0.1, -0.05) is 12.1 Å². The molecule has 0 aliphatic carbocycles. The first kappa shape index (κ1) is 13.4. The summed E-state index contributed by atoms with van der Waals surface area (Å²) in [6.07, 6.45) is 1.34. The van der Waals surface area contributed by atoms with Crippen LogP contribution in [-0.4, -0.2) is 15.9 Å². The molecule has 2 aromatic heterocycles. The van der Waals surface area contributed by atoms with Crippen LogP contribution in [0.4, 0.5) is 4.39 Å². The molecule has 0 aliphatic heterocycles. The van der Waals surface area contributed by atoms with Gasteiger partial charge >= 0.3 is 0 Å². The summed E-state index contributed by atoms with van der Waals surface area (Å²) < 4.78 is 13.5. The maximum Gasteiger partial charge on any atom is 0.259 e. The Labute approximate surface area is 122 Å². The van der Waals surface area contributed by atoms with Crippen LogP contribution in [0.2, 0.25) is 0 Å². The Kier molecular flexibility index (Phi) is 3.49. The predicted molar refractivity (Wildman–Crippen MR) is 77.8 cm³/mol. The third-order valence-electron chi connectivity index (χ3n) is 2.93. The topological polar surface area (TPSA) is 74.8 Å². The number of hydrogen-bond acceptors (Lipinski definition) is 4. The number of H-pyrrole nitrogens is 1. The van der Waals surface area contributed by atoms with Crippen molar-refractivity contribution in [2.24, 2.45) is 0 Å². The summed E-state index contributed by atoms with van der Waals surface area (Å²) >= 11 is 1.31. The number of thiophene rings is 1. The van der Waals surface area contributed by atoms with Crippen molar-refractivity contribution in [3.05, 3.63) is 63.3 Å². The van der Waals surface area contributed by atoms with Crippen LogP contribution < -0.4 is 10.9 Å². The maximum absolute atomic E-state index is 13.5. The van der Waals surface area contributed by atoms with E-state index in [0.29, 0.717) is 10.2 Å². The van der Waals surface area contributed by atoms with E-state index in [4.69, 9.17) is 0 Å². The van der Waals surface area contributed by atoms with E-state index in [9.17, 15) is 14.0 Å². The molecule has 21 heavy (non-hydrogen) atoms. The molecule has 2 heterocycles. The van der Waals surface area contributed by atoms with Gasteiger partial charge in [-0.15, -0.1) is 11.3 Å². The molecule has 0 bridgehead atoms. The Hall–Kier alpha value is -2.54. The zero-order valence-corrected chi connectivity index (χ0v) is 11.5.